The van der Waals surface area contributed by atoms with E-state index in [2.05, 4.69) is 5.16 Å². The summed E-state index contributed by atoms with van der Waals surface area (Å²) < 4.78 is 0.934. The van der Waals surface area contributed by atoms with Gasteiger partial charge in [-0.15, -0.1) is 0 Å². The van der Waals surface area contributed by atoms with Crippen LogP contribution in [-0.2, 0) is 0 Å². The van der Waals surface area contributed by atoms with Gasteiger partial charge in [-0.3, -0.25) is 0 Å². The van der Waals surface area contributed by atoms with E-state index in [0.717, 1.165) is 18.7 Å². The maximum absolute atomic E-state index is 10.6. The van der Waals surface area contributed by atoms with E-state index < -0.39 is 0 Å². The van der Waals surface area contributed by atoms with E-state index in [-0.39, 0.29) is 5.69 Å². The minimum Gasteiger partial charge on any atom is -0.710 e. The number of hydrogen-bond donors (Lipinski definition) is 2. The van der Waals surface area contributed by atoms with Crippen LogP contribution in [0, 0.1) is 5.21 Å². The van der Waals surface area contributed by atoms with E-state index in [1.165, 1.54) is 0 Å². The molecule has 0 fully saturated rings. The Hall–Kier alpha value is -1.72. The van der Waals surface area contributed by atoms with Crippen molar-refractivity contribution < 1.29 is 15.1 Å². The Balaban J connectivity index is 3.03. The molecule has 0 aromatic carbocycles. The average Bonchev–Trinajstić information content (AvgIpc) is 2.13. The van der Waals surface area contributed by atoms with Crippen LogP contribution in [0.4, 0.5) is 0 Å². The number of nitrogens with zero attached hydrogens (tertiary/aromatic N) is 3. The van der Waals surface area contributed by atoms with E-state index in [9.17, 15) is 5.21 Å². The molecule has 0 unspecified atom stereocenters. The molecule has 1 aromatic heterocycles. The zero-order valence-corrected chi connectivity index (χ0v) is 4.88. The summed E-state index contributed by atoms with van der Waals surface area (Å²) in [5, 5.41) is 29.8. The number of rotatable bonds is 1. The second kappa shape index (κ2) is 2.26. The maximum Gasteiger partial charge on any atom is 0.287 e. The lowest BCUT2D eigenvalue weighted by Gasteiger charge is -1.93. The summed E-state index contributed by atoms with van der Waals surface area (Å²) >= 11 is 0. The first-order valence-corrected chi connectivity index (χ1v) is 2.42. The van der Waals surface area contributed by atoms with Crippen LogP contribution >= 0.6 is 0 Å². The van der Waals surface area contributed by atoms with E-state index in [1.54, 1.807) is 0 Å². The molecule has 0 aliphatic heterocycles. The Morgan fingerprint density at radius 3 is 2.90 bits per heavy atom. The highest BCUT2D eigenvalue weighted by Gasteiger charge is 2.03. The lowest BCUT2D eigenvalue weighted by molar-refractivity contribution is -0.607. The van der Waals surface area contributed by atoms with Crippen molar-refractivity contribution in [3.63, 3.8) is 0 Å². The van der Waals surface area contributed by atoms with E-state index in [4.69, 9.17) is 10.4 Å². The smallest absolute Gasteiger partial charge is 0.287 e. The van der Waals surface area contributed by atoms with Gasteiger partial charge in [-0.2, -0.15) is 0 Å². The zero-order chi connectivity index (χ0) is 7.56. The second-order valence-corrected chi connectivity index (χ2v) is 1.62. The Labute approximate surface area is 55.8 Å². The SMILES string of the molecule is [O-][n+]1cn(O)cc1/C=N/O. The fourth-order valence-electron chi connectivity index (χ4n) is 0.549. The van der Waals surface area contributed by atoms with Gasteiger partial charge in [-0.05, 0) is 0 Å². The summed E-state index contributed by atoms with van der Waals surface area (Å²) in [6.07, 6.45) is 2.91. The van der Waals surface area contributed by atoms with E-state index in [1.807, 2.05) is 0 Å². The summed E-state index contributed by atoms with van der Waals surface area (Å²) in [7, 11) is 0. The van der Waals surface area contributed by atoms with Crippen molar-refractivity contribution >= 4 is 6.21 Å². The molecule has 0 bridgehead atoms. The summed E-state index contributed by atoms with van der Waals surface area (Å²) in [5.41, 5.74) is 0.0602. The molecule has 6 nitrogen and oxygen atoms in total. The first-order valence-electron chi connectivity index (χ1n) is 2.42. The van der Waals surface area contributed by atoms with Crippen LogP contribution in [0.5, 0.6) is 0 Å². The molecule has 0 atom stereocenters. The molecule has 1 aromatic rings. The van der Waals surface area contributed by atoms with Gasteiger partial charge in [-0.25, -0.2) is 4.73 Å². The molecule has 54 valence electrons. The van der Waals surface area contributed by atoms with Crippen molar-refractivity contribution in [1.82, 2.24) is 4.73 Å². The first kappa shape index (κ1) is 6.40. The van der Waals surface area contributed by atoms with Crippen molar-refractivity contribution in [3.8, 4) is 0 Å². The summed E-state index contributed by atoms with van der Waals surface area (Å²) in [5.74, 6) is 0. The largest absolute Gasteiger partial charge is 0.710 e. The molecule has 0 spiro atoms. The van der Waals surface area contributed by atoms with Crippen molar-refractivity contribution in [2.24, 2.45) is 5.16 Å². The number of imidazole rings is 1. The van der Waals surface area contributed by atoms with Gasteiger partial charge >= 0.3 is 0 Å². The number of aromatic nitrogens is 2. The molecule has 1 heterocycles. The van der Waals surface area contributed by atoms with Crippen LogP contribution < -0.4 is 4.73 Å². The van der Waals surface area contributed by atoms with Gasteiger partial charge in [0.15, 0.2) is 11.9 Å². The van der Waals surface area contributed by atoms with E-state index >= 15 is 0 Å². The molecule has 0 aliphatic rings. The molecule has 6 heteroatoms. The summed E-state index contributed by atoms with van der Waals surface area (Å²) in [4.78, 5) is 0. The van der Waals surface area contributed by atoms with Gasteiger partial charge in [0.05, 0.1) is 0 Å². The lowest BCUT2D eigenvalue weighted by Crippen LogP contribution is -2.27. The molecular weight excluding hydrogens is 138 g/mol. The van der Waals surface area contributed by atoms with Crippen molar-refractivity contribution in [1.29, 1.82) is 0 Å². The minimum absolute atomic E-state index is 0.0602. The third-order valence-corrected chi connectivity index (χ3v) is 0.932. The van der Waals surface area contributed by atoms with Gasteiger partial charge in [0.2, 0.25) is 0 Å². The minimum atomic E-state index is 0.0602. The average molecular weight is 143 g/mol. The van der Waals surface area contributed by atoms with Crippen LogP contribution in [0.25, 0.3) is 0 Å². The fraction of sp³-hybridized carbons (Fsp3) is 0. The third kappa shape index (κ3) is 0.993. The first-order chi connectivity index (χ1) is 4.74. The predicted molar refractivity (Wildman–Crippen MR) is 30.0 cm³/mol. The van der Waals surface area contributed by atoms with Crippen LogP contribution in [-0.4, -0.2) is 21.4 Å². The third-order valence-electron chi connectivity index (χ3n) is 0.932. The molecular formula is C4H5N3O3. The van der Waals surface area contributed by atoms with Crippen LogP contribution in [0.3, 0.4) is 0 Å². The highest BCUT2D eigenvalue weighted by atomic mass is 16.5. The van der Waals surface area contributed by atoms with Crippen LogP contribution in [0.2, 0.25) is 0 Å². The topological polar surface area (TPSA) is 84.7 Å². The van der Waals surface area contributed by atoms with Gasteiger partial charge in [-0.1, -0.05) is 9.89 Å². The number of hydrogen-bond acceptors (Lipinski definition) is 4. The Bertz CT molecular complexity index is 254. The molecule has 2 N–H and O–H groups in total. The highest BCUT2D eigenvalue weighted by Crippen LogP contribution is 1.84. The van der Waals surface area contributed by atoms with Gasteiger partial charge in [0.1, 0.15) is 6.21 Å². The molecule has 0 saturated heterocycles. The Morgan fingerprint density at radius 1 is 1.80 bits per heavy atom. The Kier molecular flexibility index (Phi) is 1.44. The molecule has 0 radical (unpaired) electrons. The van der Waals surface area contributed by atoms with Crippen molar-refractivity contribution in [3.05, 3.63) is 23.4 Å². The van der Waals surface area contributed by atoms with Gasteiger partial charge in [0.25, 0.3) is 6.33 Å². The Morgan fingerprint density at radius 2 is 2.50 bits per heavy atom. The molecule has 0 aliphatic carbocycles. The lowest BCUT2D eigenvalue weighted by atomic mass is 10.5. The standard InChI is InChI=1S/C4H5N3O3/c8-5-1-4-2-6(9)3-7(4)10/h1-3,8-9H/b5-1+. The molecule has 0 saturated carbocycles. The van der Waals surface area contributed by atoms with Gasteiger partial charge < -0.3 is 15.6 Å². The maximum atomic E-state index is 10.6. The summed E-state index contributed by atoms with van der Waals surface area (Å²) in [6, 6.07) is 0. The van der Waals surface area contributed by atoms with Crippen molar-refractivity contribution in [2.75, 3.05) is 0 Å². The fourth-order valence-corrected chi connectivity index (χ4v) is 0.549. The molecule has 0 amide bonds. The summed E-state index contributed by atoms with van der Waals surface area (Å²) in [6.45, 7) is 0. The molecule has 1 rings (SSSR count). The predicted octanol–water partition coefficient (Wildman–Crippen LogP) is -0.833. The molecule has 10 heavy (non-hydrogen) atoms. The normalized spacial score (nSPS) is 10.8. The van der Waals surface area contributed by atoms with Crippen LogP contribution in [0.15, 0.2) is 17.7 Å². The monoisotopic (exact) mass is 143 g/mol. The van der Waals surface area contributed by atoms with Crippen LogP contribution in [0.1, 0.15) is 5.69 Å². The van der Waals surface area contributed by atoms with E-state index in [0.29, 0.717) is 9.46 Å². The number of oxime groups is 1. The second-order valence-electron chi connectivity index (χ2n) is 1.62. The van der Waals surface area contributed by atoms with Crippen molar-refractivity contribution in [2.45, 2.75) is 0 Å². The highest BCUT2D eigenvalue weighted by molar-refractivity contribution is 5.73. The zero-order valence-electron chi connectivity index (χ0n) is 4.88. The quantitative estimate of drug-likeness (QED) is 0.134. The van der Waals surface area contributed by atoms with Gasteiger partial charge in [0, 0.05) is 0 Å².